The van der Waals surface area contributed by atoms with Crippen LogP contribution in [0, 0.1) is 11.3 Å². The van der Waals surface area contributed by atoms with Gasteiger partial charge in [-0.25, -0.2) is 0 Å². The molecular formula is C32H51N3O4. The highest BCUT2D eigenvalue weighted by Crippen LogP contribution is 2.38. The van der Waals surface area contributed by atoms with E-state index in [0.717, 1.165) is 89.9 Å². The van der Waals surface area contributed by atoms with Crippen LogP contribution < -0.4 is 10.1 Å². The number of amides is 2. The van der Waals surface area contributed by atoms with Gasteiger partial charge in [-0.05, 0) is 95.5 Å². The van der Waals surface area contributed by atoms with Crippen molar-refractivity contribution in [3.63, 3.8) is 0 Å². The van der Waals surface area contributed by atoms with Gasteiger partial charge in [-0.2, -0.15) is 0 Å². The van der Waals surface area contributed by atoms with Crippen LogP contribution in [0.2, 0.25) is 0 Å². The molecule has 3 fully saturated rings. The second-order valence-electron chi connectivity index (χ2n) is 12.7. The Bertz CT molecular complexity index is 924. The standard InChI is InChI=1S/C32H51N3O4/c1-24(2)21-29-30(36)35-17-8-9-27(35)23-38-20-7-5-6-14-32(31(37)33-29)15-18-34(19-16-32)22-26-10-12-28(13-11-26)39-25(3)4/h10-13,24-25,27,29H,5-9,14-23H2,1-4H3,(H,33,37)/t27-,29-/m0/s1. The normalized spacial score (nSPS) is 25.5. The van der Waals surface area contributed by atoms with Crippen LogP contribution in [0.1, 0.15) is 91.0 Å². The van der Waals surface area contributed by atoms with Crippen molar-refractivity contribution in [3.8, 4) is 5.75 Å². The van der Waals surface area contributed by atoms with Gasteiger partial charge in [-0.15, -0.1) is 0 Å². The molecule has 1 aromatic rings. The molecule has 0 aliphatic carbocycles. The van der Waals surface area contributed by atoms with Crippen molar-refractivity contribution in [2.75, 3.05) is 32.8 Å². The van der Waals surface area contributed by atoms with E-state index in [0.29, 0.717) is 18.9 Å². The number of fused-ring (bicyclic) bond motifs is 1. The Balaban J connectivity index is 1.44. The van der Waals surface area contributed by atoms with E-state index in [9.17, 15) is 9.59 Å². The Kier molecular flexibility index (Phi) is 10.7. The van der Waals surface area contributed by atoms with Crippen molar-refractivity contribution in [1.29, 1.82) is 0 Å². The van der Waals surface area contributed by atoms with Gasteiger partial charge in [0.15, 0.2) is 0 Å². The minimum atomic E-state index is -0.456. The fourth-order valence-electron chi connectivity index (χ4n) is 6.50. The summed E-state index contributed by atoms with van der Waals surface area (Å²) in [6.07, 6.45) is 8.49. The van der Waals surface area contributed by atoms with Crippen LogP contribution in [-0.2, 0) is 20.9 Å². The monoisotopic (exact) mass is 541 g/mol. The predicted molar refractivity (Wildman–Crippen MR) is 155 cm³/mol. The topological polar surface area (TPSA) is 71.1 Å². The summed E-state index contributed by atoms with van der Waals surface area (Å²) in [5.74, 6) is 1.41. The quantitative estimate of drug-likeness (QED) is 0.538. The summed E-state index contributed by atoms with van der Waals surface area (Å²) in [6, 6.07) is 8.06. The van der Waals surface area contributed by atoms with Gasteiger partial charge in [-0.3, -0.25) is 14.5 Å². The lowest BCUT2D eigenvalue weighted by molar-refractivity contribution is -0.143. The van der Waals surface area contributed by atoms with Gasteiger partial charge in [0.05, 0.1) is 24.2 Å². The molecule has 7 nitrogen and oxygen atoms in total. The summed E-state index contributed by atoms with van der Waals surface area (Å²) in [7, 11) is 0. The second-order valence-corrected chi connectivity index (χ2v) is 12.7. The number of ether oxygens (including phenoxy) is 2. The lowest BCUT2D eigenvalue weighted by Gasteiger charge is -2.42. The number of likely N-dealkylation sites (tertiary alicyclic amines) is 1. The Morgan fingerprint density at radius 3 is 2.41 bits per heavy atom. The van der Waals surface area contributed by atoms with Crippen molar-refractivity contribution in [1.82, 2.24) is 15.1 Å². The number of benzene rings is 1. The molecule has 0 radical (unpaired) electrons. The molecule has 0 aromatic heterocycles. The van der Waals surface area contributed by atoms with E-state index in [-0.39, 0.29) is 24.0 Å². The van der Waals surface area contributed by atoms with E-state index in [4.69, 9.17) is 9.47 Å². The van der Waals surface area contributed by atoms with Crippen LogP contribution in [0.5, 0.6) is 5.75 Å². The number of carbonyl (C=O) groups is 2. The van der Waals surface area contributed by atoms with Crippen LogP contribution in [0.4, 0.5) is 0 Å². The third-order valence-electron chi connectivity index (χ3n) is 8.72. The fraction of sp³-hybridized carbons (Fsp3) is 0.750. The summed E-state index contributed by atoms with van der Waals surface area (Å²) in [4.78, 5) is 32.2. The van der Waals surface area contributed by atoms with Crippen LogP contribution in [0.15, 0.2) is 24.3 Å². The molecule has 3 saturated heterocycles. The summed E-state index contributed by atoms with van der Waals surface area (Å²) >= 11 is 0. The zero-order valence-electron chi connectivity index (χ0n) is 24.8. The molecule has 0 bridgehead atoms. The molecule has 3 aliphatic rings. The van der Waals surface area contributed by atoms with Crippen molar-refractivity contribution in [3.05, 3.63) is 29.8 Å². The van der Waals surface area contributed by atoms with Crippen LogP contribution in [0.3, 0.4) is 0 Å². The molecule has 39 heavy (non-hydrogen) atoms. The van der Waals surface area contributed by atoms with Crippen molar-refractivity contribution >= 4 is 11.8 Å². The molecule has 7 heteroatoms. The number of hydrogen-bond donors (Lipinski definition) is 1. The summed E-state index contributed by atoms with van der Waals surface area (Å²) < 4.78 is 11.8. The van der Waals surface area contributed by atoms with Crippen LogP contribution >= 0.6 is 0 Å². The van der Waals surface area contributed by atoms with Gasteiger partial charge in [0.1, 0.15) is 11.8 Å². The van der Waals surface area contributed by atoms with Gasteiger partial charge in [0, 0.05) is 19.7 Å². The zero-order chi connectivity index (χ0) is 27.8. The molecule has 1 spiro atoms. The Labute approximate surface area is 236 Å². The summed E-state index contributed by atoms with van der Waals surface area (Å²) in [5.41, 5.74) is 0.858. The summed E-state index contributed by atoms with van der Waals surface area (Å²) in [5, 5.41) is 3.31. The number of carbonyl (C=O) groups excluding carboxylic acids is 2. The van der Waals surface area contributed by atoms with Gasteiger partial charge in [-0.1, -0.05) is 38.8 Å². The van der Waals surface area contributed by atoms with E-state index in [2.05, 4.69) is 36.2 Å². The highest BCUT2D eigenvalue weighted by atomic mass is 16.5. The van der Waals surface area contributed by atoms with E-state index >= 15 is 0 Å². The molecule has 218 valence electrons. The lowest BCUT2D eigenvalue weighted by Crippen LogP contribution is -2.56. The Morgan fingerprint density at radius 2 is 1.72 bits per heavy atom. The first-order valence-electron chi connectivity index (χ1n) is 15.4. The largest absolute Gasteiger partial charge is 0.491 e. The smallest absolute Gasteiger partial charge is 0.245 e. The maximum Gasteiger partial charge on any atom is 0.245 e. The Morgan fingerprint density at radius 1 is 0.974 bits per heavy atom. The number of nitrogens with one attached hydrogen (secondary N) is 1. The maximum atomic E-state index is 14.0. The number of hydrogen-bond acceptors (Lipinski definition) is 5. The van der Waals surface area contributed by atoms with Crippen LogP contribution in [0.25, 0.3) is 0 Å². The number of nitrogens with zero attached hydrogens (tertiary/aromatic N) is 2. The molecule has 0 unspecified atom stereocenters. The molecule has 1 aromatic carbocycles. The molecular weight excluding hydrogens is 490 g/mol. The van der Waals surface area contributed by atoms with Crippen molar-refractivity contribution in [2.24, 2.45) is 11.3 Å². The van der Waals surface area contributed by atoms with Gasteiger partial charge in [0.2, 0.25) is 11.8 Å². The molecule has 3 heterocycles. The SMILES string of the molecule is CC(C)C[C@@H]1NC(=O)C2(CCCCCOC[C@@H]3CCCN3C1=O)CCN(Cc1ccc(OC(C)C)cc1)CC2. The highest BCUT2D eigenvalue weighted by molar-refractivity contribution is 5.90. The van der Waals surface area contributed by atoms with E-state index in [1.165, 1.54) is 5.56 Å². The van der Waals surface area contributed by atoms with Gasteiger partial charge >= 0.3 is 0 Å². The average Bonchev–Trinajstić information content (AvgIpc) is 3.37. The first-order valence-corrected chi connectivity index (χ1v) is 15.4. The molecule has 3 aliphatic heterocycles. The van der Waals surface area contributed by atoms with Gasteiger partial charge in [0.25, 0.3) is 0 Å². The molecule has 0 saturated carbocycles. The lowest BCUT2D eigenvalue weighted by atomic mass is 9.73. The molecule has 2 atom stereocenters. The molecule has 1 N–H and O–H groups in total. The minimum absolute atomic E-state index is 0.0812. The predicted octanol–water partition coefficient (Wildman–Crippen LogP) is 5.17. The minimum Gasteiger partial charge on any atom is -0.491 e. The van der Waals surface area contributed by atoms with Gasteiger partial charge < -0.3 is 19.7 Å². The van der Waals surface area contributed by atoms with E-state index < -0.39 is 11.5 Å². The first-order chi connectivity index (χ1) is 18.8. The molecule has 4 rings (SSSR count). The maximum absolute atomic E-state index is 14.0. The second kappa shape index (κ2) is 14.0. The highest BCUT2D eigenvalue weighted by Gasteiger charge is 2.43. The Hall–Kier alpha value is -2.12. The summed E-state index contributed by atoms with van der Waals surface area (Å²) in [6.45, 7) is 13.1. The van der Waals surface area contributed by atoms with Crippen LogP contribution in [-0.4, -0.2) is 72.6 Å². The fourth-order valence-corrected chi connectivity index (χ4v) is 6.50. The number of rotatable bonds is 6. The third-order valence-corrected chi connectivity index (χ3v) is 8.72. The first kappa shape index (κ1) is 29.9. The van der Waals surface area contributed by atoms with E-state index in [1.807, 2.05) is 30.9 Å². The molecule has 2 amide bonds. The zero-order valence-corrected chi connectivity index (χ0v) is 24.8. The van der Waals surface area contributed by atoms with Crippen molar-refractivity contribution < 1.29 is 19.1 Å². The van der Waals surface area contributed by atoms with E-state index in [1.54, 1.807) is 0 Å². The average molecular weight is 542 g/mol. The third kappa shape index (κ3) is 8.20. The number of piperidine rings is 1. The van der Waals surface area contributed by atoms with Crippen molar-refractivity contribution in [2.45, 2.75) is 110 Å².